The SMILES string of the molecule is O=C(CCC(F)(F)F)Nc1ccccc1Cc1nc(C2CC2)no1. The molecular weight excluding hydrogens is 323 g/mol. The van der Waals surface area contributed by atoms with Crippen molar-refractivity contribution >= 4 is 11.6 Å². The van der Waals surface area contributed by atoms with E-state index < -0.39 is 24.9 Å². The lowest BCUT2D eigenvalue weighted by Gasteiger charge is -2.10. The molecule has 1 amide bonds. The van der Waals surface area contributed by atoms with E-state index in [-0.39, 0.29) is 0 Å². The van der Waals surface area contributed by atoms with Crippen LogP contribution in [0.2, 0.25) is 0 Å². The number of carbonyl (C=O) groups is 1. The van der Waals surface area contributed by atoms with Crippen molar-refractivity contribution in [1.29, 1.82) is 0 Å². The molecule has 0 bridgehead atoms. The van der Waals surface area contributed by atoms with Gasteiger partial charge in [0.25, 0.3) is 0 Å². The van der Waals surface area contributed by atoms with Crippen LogP contribution in [0.3, 0.4) is 0 Å². The van der Waals surface area contributed by atoms with E-state index in [0.29, 0.717) is 35.3 Å². The van der Waals surface area contributed by atoms with Crippen molar-refractivity contribution in [2.45, 2.75) is 44.2 Å². The summed E-state index contributed by atoms with van der Waals surface area (Å²) in [5.41, 5.74) is 1.17. The molecule has 1 aromatic carbocycles. The summed E-state index contributed by atoms with van der Waals surface area (Å²) < 4.78 is 41.8. The van der Waals surface area contributed by atoms with Crippen molar-refractivity contribution in [3.05, 3.63) is 41.5 Å². The largest absolute Gasteiger partial charge is 0.389 e. The molecule has 1 N–H and O–H groups in total. The third-order valence-corrected chi connectivity index (χ3v) is 3.69. The highest BCUT2D eigenvalue weighted by molar-refractivity contribution is 5.91. The number of amides is 1. The van der Waals surface area contributed by atoms with Gasteiger partial charge in [-0.25, -0.2) is 0 Å². The molecule has 0 saturated heterocycles. The monoisotopic (exact) mass is 339 g/mol. The molecule has 3 rings (SSSR count). The summed E-state index contributed by atoms with van der Waals surface area (Å²) >= 11 is 0. The molecule has 1 heterocycles. The lowest BCUT2D eigenvalue weighted by Crippen LogP contribution is -2.17. The number of nitrogens with zero attached hydrogens (tertiary/aromatic N) is 2. The number of aromatic nitrogens is 2. The van der Waals surface area contributed by atoms with Crippen LogP contribution in [0.25, 0.3) is 0 Å². The fourth-order valence-corrected chi connectivity index (χ4v) is 2.27. The standard InChI is InChI=1S/C16H16F3N3O2/c17-16(18,19)8-7-13(23)20-12-4-2-1-3-11(12)9-14-21-15(22-24-14)10-5-6-10/h1-4,10H,5-9H2,(H,20,23). The van der Waals surface area contributed by atoms with Gasteiger partial charge in [0.05, 0.1) is 12.8 Å². The molecule has 2 aromatic rings. The van der Waals surface area contributed by atoms with Gasteiger partial charge in [0.15, 0.2) is 5.82 Å². The number of hydrogen-bond donors (Lipinski definition) is 1. The maximum absolute atomic E-state index is 12.2. The number of nitrogens with one attached hydrogen (secondary N) is 1. The van der Waals surface area contributed by atoms with Gasteiger partial charge in [0, 0.05) is 18.0 Å². The van der Waals surface area contributed by atoms with E-state index in [2.05, 4.69) is 15.5 Å². The van der Waals surface area contributed by atoms with E-state index in [0.717, 1.165) is 12.8 Å². The van der Waals surface area contributed by atoms with Gasteiger partial charge in [0.1, 0.15) is 0 Å². The predicted octanol–water partition coefficient (Wildman–Crippen LogP) is 3.82. The van der Waals surface area contributed by atoms with Crippen LogP contribution in [0.5, 0.6) is 0 Å². The van der Waals surface area contributed by atoms with Gasteiger partial charge in [-0.3, -0.25) is 4.79 Å². The van der Waals surface area contributed by atoms with Crippen LogP contribution in [0.1, 0.15) is 48.9 Å². The zero-order valence-corrected chi connectivity index (χ0v) is 12.8. The van der Waals surface area contributed by atoms with Crippen LogP contribution < -0.4 is 5.32 Å². The third-order valence-electron chi connectivity index (χ3n) is 3.69. The topological polar surface area (TPSA) is 68.0 Å². The molecule has 1 aromatic heterocycles. The predicted molar refractivity (Wildman–Crippen MR) is 79.4 cm³/mol. The molecule has 1 aliphatic rings. The van der Waals surface area contributed by atoms with E-state index in [9.17, 15) is 18.0 Å². The second kappa shape index (κ2) is 6.62. The van der Waals surface area contributed by atoms with Crippen molar-refractivity contribution in [2.75, 3.05) is 5.32 Å². The first kappa shape index (κ1) is 16.5. The number of benzene rings is 1. The maximum atomic E-state index is 12.2. The average Bonchev–Trinajstić information content (AvgIpc) is 3.27. The van der Waals surface area contributed by atoms with Gasteiger partial charge >= 0.3 is 6.18 Å². The number of anilines is 1. The second-order valence-electron chi connectivity index (χ2n) is 5.82. The van der Waals surface area contributed by atoms with Crippen LogP contribution in [-0.2, 0) is 11.2 Å². The van der Waals surface area contributed by atoms with E-state index in [4.69, 9.17) is 4.52 Å². The molecule has 1 aliphatic carbocycles. The molecule has 0 radical (unpaired) electrons. The maximum Gasteiger partial charge on any atom is 0.389 e. The minimum absolute atomic E-state index is 0.315. The van der Waals surface area contributed by atoms with Gasteiger partial charge in [-0.15, -0.1) is 0 Å². The first-order valence-electron chi connectivity index (χ1n) is 7.68. The zero-order chi connectivity index (χ0) is 17.2. The molecule has 128 valence electrons. The normalized spacial score (nSPS) is 14.6. The van der Waals surface area contributed by atoms with Crippen LogP contribution in [0.15, 0.2) is 28.8 Å². The summed E-state index contributed by atoms with van der Waals surface area (Å²) in [7, 11) is 0. The van der Waals surface area contributed by atoms with Crippen molar-refractivity contribution in [3.63, 3.8) is 0 Å². The summed E-state index contributed by atoms with van der Waals surface area (Å²) in [5.74, 6) is 0.814. The fraction of sp³-hybridized carbons (Fsp3) is 0.438. The zero-order valence-electron chi connectivity index (χ0n) is 12.8. The second-order valence-corrected chi connectivity index (χ2v) is 5.82. The Morgan fingerprint density at radius 1 is 1.29 bits per heavy atom. The van der Waals surface area contributed by atoms with Crippen molar-refractivity contribution < 1.29 is 22.5 Å². The molecule has 0 spiro atoms. The van der Waals surface area contributed by atoms with Crippen LogP contribution in [0.4, 0.5) is 18.9 Å². The van der Waals surface area contributed by atoms with Gasteiger partial charge < -0.3 is 9.84 Å². The Balaban J connectivity index is 1.64. The minimum atomic E-state index is -4.35. The summed E-state index contributed by atoms with van der Waals surface area (Å²) in [4.78, 5) is 16.0. The number of hydrogen-bond acceptors (Lipinski definition) is 4. The van der Waals surface area contributed by atoms with E-state index >= 15 is 0 Å². The van der Waals surface area contributed by atoms with Crippen molar-refractivity contribution in [3.8, 4) is 0 Å². The van der Waals surface area contributed by atoms with Gasteiger partial charge in [-0.1, -0.05) is 23.4 Å². The summed E-state index contributed by atoms with van der Waals surface area (Å²) in [5, 5.41) is 6.44. The first-order chi connectivity index (χ1) is 11.4. The Morgan fingerprint density at radius 3 is 2.75 bits per heavy atom. The molecule has 1 saturated carbocycles. The van der Waals surface area contributed by atoms with E-state index in [1.54, 1.807) is 24.3 Å². The molecule has 0 aliphatic heterocycles. The summed E-state index contributed by atoms with van der Waals surface area (Å²) in [6, 6.07) is 6.88. The van der Waals surface area contributed by atoms with Crippen molar-refractivity contribution in [2.24, 2.45) is 0 Å². The molecule has 1 fully saturated rings. The molecule has 5 nitrogen and oxygen atoms in total. The number of halogens is 3. The lowest BCUT2D eigenvalue weighted by molar-refractivity contribution is -0.142. The number of rotatable bonds is 6. The van der Waals surface area contributed by atoms with E-state index in [1.807, 2.05) is 0 Å². The minimum Gasteiger partial charge on any atom is -0.339 e. The molecule has 0 atom stereocenters. The lowest BCUT2D eigenvalue weighted by atomic mass is 10.1. The van der Waals surface area contributed by atoms with Gasteiger partial charge in [0.2, 0.25) is 11.8 Å². The fourth-order valence-electron chi connectivity index (χ4n) is 2.27. The Labute approximate surface area is 136 Å². The highest BCUT2D eigenvalue weighted by Crippen LogP contribution is 2.38. The van der Waals surface area contributed by atoms with Crippen molar-refractivity contribution in [1.82, 2.24) is 10.1 Å². The molecular formula is C16H16F3N3O2. The third kappa shape index (κ3) is 4.56. The smallest absolute Gasteiger partial charge is 0.339 e. The molecule has 0 unspecified atom stereocenters. The highest BCUT2D eigenvalue weighted by Gasteiger charge is 2.29. The Morgan fingerprint density at radius 2 is 2.04 bits per heavy atom. The first-order valence-corrected chi connectivity index (χ1v) is 7.68. The number of carbonyl (C=O) groups excluding carboxylic acids is 1. The van der Waals surface area contributed by atoms with Crippen LogP contribution in [-0.4, -0.2) is 22.2 Å². The quantitative estimate of drug-likeness (QED) is 0.869. The number of alkyl halides is 3. The van der Waals surface area contributed by atoms with Crippen LogP contribution in [0, 0.1) is 0 Å². The Bertz CT molecular complexity index is 723. The van der Waals surface area contributed by atoms with E-state index in [1.165, 1.54) is 0 Å². The highest BCUT2D eigenvalue weighted by atomic mass is 19.4. The molecule has 24 heavy (non-hydrogen) atoms. The Kier molecular flexibility index (Phi) is 4.55. The summed E-state index contributed by atoms with van der Waals surface area (Å²) in [6.45, 7) is 0. The summed E-state index contributed by atoms with van der Waals surface area (Å²) in [6.07, 6.45) is -3.66. The number of para-hydroxylation sites is 1. The van der Waals surface area contributed by atoms with Gasteiger partial charge in [-0.05, 0) is 24.5 Å². The van der Waals surface area contributed by atoms with Crippen LogP contribution >= 0.6 is 0 Å². The average molecular weight is 339 g/mol. The Hall–Kier alpha value is -2.38. The van der Waals surface area contributed by atoms with Gasteiger partial charge in [-0.2, -0.15) is 18.2 Å². The molecule has 8 heteroatoms.